The third kappa shape index (κ3) is 4.83. The highest BCUT2D eigenvalue weighted by Gasteiger charge is 2.30. The highest BCUT2D eigenvalue weighted by Crippen LogP contribution is 2.35. The van der Waals surface area contributed by atoms with Crippen molar-refractivity contribution in [2.45, 2.75) is 12.8 Å². The van der Waals surface area contributed by atoms with Crippen molar-refractivity contribution in [3.63, 3.8) is 0 Å². The predicted molar refractivity (Wildman–Crippen MR) is 149 cm³/mol. The van der Waals surface area contributed by atoms with Crippen LogP contribution in [0.3, 0.4) is 0 Å². The summed E-state index contributed by atoms with van der Waals surface area (Å²) in [6.45, 7) is 0.688. The molecule has 1 N–H and O–H groups in total. The molecule has 0 saturated carbocycles. The molecule has 0 bridgehead atoms. The van der Waals surface area contributed by atoms with Crippen LogP contribution in [0.1, 0.15) is 39.1 Å². The molecule has 1 saturated heterocycles. The first kappa shape index (κ1) is 26.4. The minimum atomic E-state index is -0.654. The lowest BCUT2D eigenvalue weighted by Crippen LogP contribution is -2.40. The number of ether oxygens (including phenoxy) is 2. The number of pyridine rings is 1. The summed E-state index contributed by atoms with van der Waals surface area (Å²) in [7, 11) is 2.79. The van der Waals surface area contributed by atoms with Gasteiger partial charge >= 0.3 is 5.97 Å². The van der Waals surface area contributed by atoms with Gasteiger partial charge in [-0.2, -0.15) is 5.26 Å². The van der Waals surface area contributed by atoms with Crippen molar-refractivity contribution in [1.82, 2.24) is 14.9 Å². The van der Waals surface area contributed by atoms with E-state index in [1.165, 1.54) is 31.5 Å². The topological polar surface area (TPSA) is 125 Å². The van der Waals surface area contributed by atoms with Crippen LogP contribution in [0.4, 0.5) is 0 Å². The van der Waals surface area contributed by atoms with Gasteiger partial charge < -0.3 is 19.4 Å². The van der Waals surface area contributed by atoms with E-state index in [1.807, 2.05) is 30.3 Å². The summed E-state index contributed by atoms with van der Waals surface area (Å²) in [5.41, 5.74) is 4.82. The monoisotopic (exact) mass is 534 g/mol. The summed E-state index contributed by atoms with van der Waals surface area (Å²) < 4.78 is 10.3. The molecule has 0 unspecified atom stereocenters. The number of nitrogens with zero attached hydrogens (tertiary/aromatic N) is 3. The lowest BCUT2D eigenvalue weighted by molar-refractivity contribution is -0.126. The van der Waals surface area contributed by atoms with E-state index in [2.05, 4.69) is 16.0 Å². The Labute approximate surface area is 230 Å². The van der Waals surface area contributed by atoms with Gasteiger partial charge in [-0.3, -0.25) is 14.6 Å². The van der Waals surface area contributed by atoms with Gasteiger partial charge in [0.2, 0.25) is 0 Å². The highest BCUT2D eigenvalue weighted by molar-refractivity contribution is 6.45. The summed E-state index contributed by atoms with van der Waals surface area (Å²) in [6.07, 6.45) is 4.04. The molecular weight excluding hydrogens is 508 g/mol. The molecule has 1 aliphatic heterocycles. The van der Waals surface area contributed by atoms with Crippen molar-refractivity contribution in [3.8, 4) is 23.1 Å². The first-order chi connectivity index (χ1) is 19.5. The fraction of sp³-hybridized carbons (Fsp3) is 0.194. The minimum absolute atomic E-state index is 0.190. The molecule has 1 fully saturated rings. The number of carbonyl (C=O) groups excluding carboxylic acids is 3. The summed E-state index contributed by atoms with van der Waals surface area (Å²) >= 11 is 0. The van der Waals surface area contributed by atoms with Gasteiger partial charge in [0, 0.05) is 24.8 Å². The molecule has 0 atom stereocenters. The Morgan fingerprint density at radius 1 is 0.975 bits per heavy atom. The Hall–Kier alpha value is -5.23. The average Bonchev–Trinajstić information content (AvgIpc) is 3.46. The number of aromatic nitrogens is 2. The van der Waals surface area contributed by atoms with Crippen LogP contribution in [-0.2, 0) is 9.53 Å². The molecule has 9 nitrogen and oxygen atoms in total. The molecular formula is C31H26N4O5. The van der Waals surface area contributed by atoms with Crippen molar-refractivity contribution in [1.29, 1.82) is 5.26 Å². The molecule has 5 rings (SSSR count). The van der Waals surface area contributed by atoms with E-state index in [0.717, 1.165) is 11.1 Å². The Morgan fingerprint density at radius 3 is 2.30 bits per heavy atom. The Morgan fingerprint density at radius 2 is 1.68 bits per heavy atom. The van der Waals surface area contributed by atoms with Crippen molar-refractivity contribution in [3.05, 3.63) is 89.3 Å². The lowest BCUT2D eigenvalue weighted by atomic mass is 9.93. The van der Waals surface area contributed by atoms with Crippen LogP contribution in [0.25, 0.3) is 27.7 Å². The van der Waals surface area contributed by atoms with E-state index in [9.17, 15) is 19.6 Å². The van der Waals surface area contributed by atoms with Gasteiger partial charge in [-0.25, -0.2) is 4.79 Å². The highest BCUT2D eigenvalue weighted by atomic mass is 16.5. The number of ketones is 1. The number of rotatable bonds is 6. The number of fused-ring (bicyclic) bond motifs is 1. The van der Waals surface area contributed by atoms with Crippen LogP contribution >= 0.6 is 0 Å². The van der Waals surface area contributed by atoms with Crippen LogP contribution < -0.4 is 4.74 Å². The second kappa shape index (κ2) is 11.3. The quantitative estimate of drug-likeness (QED) is 0.163. The molecule has 200 valence electrons. The number of nitriles is 1. The SMILES string of the molecule is COC(=O)c1ccc(-c2ncc(OC)c3c(C(=O)C(=O)N4CCC(=C(C#N)c5ccccc5)CC4)c[nH]c23)cc1. The van der Waals surface area contributed by atoms with Crippen LogP contribution in [0.2, 0.25) is 0 Å². The van der Waals surface area contributed by atoms with Crippen LogP contribution in [0, 0.1) is 11.3 Å². The van der Waals surface area contributed by atoms with E-state index in [4.69, 9.17) is 9.47 Å². The second-order valence-electron chi connectivity index (χ2n) is 9.27. The number of methoxy groups -OCH3 is 2. The maximum Gasteiger partial charge on any atom is 0.337 e. The Kier molecular flexibility index (Phi) is 7.42. The van der Waals surface area contributed by atoms with Gasteiger partial charge in [0.15, 0.2) is 0 Å². The molecule has 0 radical (unpaired) electrons. The zero-order valence-corrected chi connectivity index (χ0v) is 22.1. The molecule has 40 heavy (non-hydrogen) atoms. The first-order valence-electron chi connectivity index (χ1n) is 12.7. The fourth-order valence-corrected chi connectivity index (χ4v) is 4.99. The summed E-state index contributed by atoms with van der Waals surface area (Å²) in [5.74, 6) is -1.36. The summed E-state index contributed by atoms with van der Waals surface area (Å²) in [6, 6.07) is 18.5. The number of esters is 1. The molecule has 4 aromatic rings. The van der Waals surface area contributed by atoms with Crippen LogP contribution in [-0.4, -0.2) is 59.8 Å². The number of allylic oxidation sites excluding steroid dienone is 1. The minimum Gasteiger partial charge on any atom is -0.494 e. The van der Waals surface area contributed by atoms with Gasteiger partial charge in [0.1, 0.15) is 5.75 Å². The maximum absolute atomic E-state index is 13.5. The fourth-order valence-electron chi connectivity index (χ4n) is 4.99. The molecule has 2 aromatic heterocycles. The van der Waals surface area contributed by atoms with Gasteiger partial charge in [-0.15, -0.1) is 0 Å². The van der Waals surface area contributed by atoms with Crippen LogP contribution in [0.5, 0.6) is 5.75 Å². The third-order valence-electron chi connectivity index (χ3n) is 7.09. The molecule has 1 amide bonds. The van der Waals surface area contributed by atoms with Gasteiger partial charge in [-0.1, -0.05) is 42.5 Å². The molecule has 3 heterocycles. The number of hydrogen-bond acceptors (Lipinski definition) is 7. The average molecular weight is 535 g/mol. The normalized spacial score (nSPS) is 13.0. The van der Waals surface area contributed by atoms with E-state index < -0.39 is 17.7 Å². The number of likely N-dealkylation sites (tertiary alicyclic amines) is 1. The number of H-pyrrole nitrogens is 1. The second-order valence-corrected chi connectivity index (χ2v) is 9.27. The smallest absolute Gasteiger partial charge is 0.337 e. The van der Waals surface area contributed by atoms with Crippen molar-refractivity contribution in [2.75, 3.05) is 27.3 Å². The van der Waals surface area contributed by atoms with E-state index in [0.29, 0.717) is 65.0 Å². The van der Waals surface area contributed by atoms with E-state index in [1.54, 1.807) is 24.3 Å². The van der Waals surface area contributed by atoms with Gasteiger partial charge in [-0.05, 0) is 36.1 Å². The predicted octanol–water partition coefficient (Wildman–Crippen LogP) is 4.81. The molecule has 9 heteroatoms. The van der Waals surface area contributed by atoms with Crippen molar-refractivity contribution in [2.24, 2.45) is 0 Å². The van der Waals surface area contributed by atoms with E-state index in [-0.39, 0.29) is 5.56 Å². The van der Waals surface area contributed by atoms with Crippen molar-refractivity contribution >= 4 is 34.1 Å². The summed E-state index contributed by atoms with van der Waals surface area (Å²) in [5, 5.41) is 10.2. The Bertz CT molecular complexity index is 1670. The Balaban J connectivity index is 1.41. The number of benzene rings is 2. The number of hydrogen-bond donors (Lipinski definition) is 1. The first-order valence-corrected chi connectivity index (χ1v) is 12.7. The molecule has 1 aliphatic rings. The lowest BCUT2D eigenvalue weighted by Gasteiger charge is -2.28. The van der Waals surface area contributed by atoms with E-state index >= 15 is 0 Å². The number of carbonyl (C=O) groups is 3. The number of Topliss-reactive ketones (excluding diaryl/α,β-unsaturated/α-hetero) is 1. The number of piperidine rings is 1. The number of amides is 1. The van der Waals surface area contributed by atoms with Gasteiger partial charge in [0.05, 0.1) is 59.8 Å². The van der Waals surface area contributed by atoms with Crippen LogP contribution in [0.15, 0.2) is 72.6 Å². The molecule has 0 aliphatic carbocycles. The standard InChI is InChI=1S/C31H26N4O5/c1-39-25-18-34-27(21-8-10-22(11-9-21)31(38)40-2)28-26(25)24(17-33-28)29(36)30(37)35-14-12-20(13-15-35)23(16-32)19-6-4-3-5-7-19/h3-11,17-18,33H,12-15H2,1-2H3. The zero-order valence-electron chi connectivity index (χ0n) is 22.1. The summed E-state index contributed by atoms with van der Waals surface area (Å²) in [4.78, 5) is 47.7. The number of nitrogens with one attached hydrogen (secondary N) is 1. The molecule has 0 spiro atoms. The zero-order chi connectivity index (χ0) is 28.2. The van der Waals surface area contributed by atoms with Gasteiger partial charge in [0.25, 0.3) is 11.7 Å². The number of aromatic amines is 1. The largest absolute Gasteiger partial charge is 0.494 e. The van der Waals surface area contributed by atoms with Crippen molar-refractivity contribution < 1.29 is 23.9 Å². The maximum atomic E-state index is 13.5. The third-order valence-corrected chi connectivity index (χ3v) is 7.09. The molecule has 2 aromatic carbocycles.